The maximum absolute atomic E-state index is 13.3. The van der Waals surface area contributed by atoms with Crippen LogP contribution < -0.4 is 5.73 Å². The Morgan fingerprint density at radius 2 is 2.16 bits per heavy atom. The molecule has 0 atom stereocenters. The third kappa shape index (κ3) is 1.85. The maximum atomic E-state index is 13.3. The lowest BCUT2D eigenvalue weighted by atomic mass is 10.2. The van der Waals surface area contributed by atoms with Gasteiger partial charge < -0.3 is 10.3 Å². The molecule has 0 amide bonds. The van der Waals surface area contributed by atoms with E-state index in [1.807, 2.05) is 14.0 Å². The summed E-state index contributed by atoms with van der Waals surface area (Å²) in [4.78, 5) is 4.23. The number of aromatic nitrogens is 4. The second kappa shape index (κ2) is 4.08. The molecule has 1 aromatic carbocycles. The van der Waals surface area contributed by atoms with Gasteiger partial charge in [-0.15, -0.1) is 0 Å². The van der Waals surface area contributed by atoms with Crippen LogP contribution in [0.2, 0.25) is 0 Å². The third-order valence-electron chi connectivity index (χ3n) is 3.41. The highest BCUT2D eigenvalue weighted by atomic mass is 19.1. The van der Waals surface area contributed by atoms with Crippen molar-refractivity contribution in [1.29, 1.82) is 0 Å². The quantitative estimate of drug-likeness (QED) is 0.764. The van der Waals surface area contributed by atoms with Crippen LogP contribution in [0.25, 0.3) is 11.0 Å². The summed E-state index contributed by atoms with van der Waals surface area (Å²) in [7, 11) is 1.88. The minimum absolute atomic E-state index is 0.295. The minimum atomic E-state index is -0.295. The van der Waals surface area contributed by atoms with Crippen molar-refractivity contribution in [2.75, 3.05) is 5.73 Å². The topological polar surface area (TPSA) is 61.7 Å². The molecular formula is C13H14FN5. The van der Waals surface area contributed by atoms with Crippen molar-refractivity contribution in [2.24, 2.45) is 7.05 Å². The van der Waals surface area contributed by atoms with E-state index in [-0.39, 0.29) is 5.82 Å². The number of benzene rings is 1. The molecule has 2 aromatic heterocycles. The van der Waals surface area contributed by atoms with Crippen LogP contribution >= 0.6 is 0 Å². The Bertz CT molecular complexity index is 756. The Kier molecular flexibility index (Phi) is 2.51. The van der Waals surface area contributed by atoms with Gasteiger partial charge in [0.1, 0.15) is 5.82 Å². The summed E-state index contributed by atoms with van der Waals surface area (Å²) >= 11 is 0. The number of rotatable bonds is 2. The van der Waals surface area contributed by atoms with E-state index < -0.39 is 0 Å². The van der Waals surface area contributed by atoms with Crippen molar-refractivity contribution in [3.05, 3.63) is 41.5 Å². The van der Waals surface area contributed by atoms with E-state index in [9.17, 15) is 4.39 Å². The molecule has 98 valence electrons. The smallest absolute Gasteiger partial charge is 0.201 e. The molecule has 0 bridgehead atoms. The predicted octanol–water partition coefficient (Wildman–Crippen LogP) is 1.85. The van der Waals surface area contributed by atoms with Crippen molar-refractivity contribution >= 4 is 17.0 Å². The van der Waals surface area contributed by atoms with Crippen molar-refractivity contribution < 1.29 is 4.39 Å². The fourth-order valence-electron chi connectivity index (χ4n) is 2.15. The first-order chi connectivity index (χ1) is 9.06. The second-order valence-corrected chi connectivity index (χ2v) is 4.57. The van der Waals surface area contributed by atoms with Crippen LogP contribution in [0, 0.1) is 12.7 Å². The van der Waals surface area contributed by atoms with Crippen molar-refractivity contribution in [1.82, 2.24) is 19.3 Å². The number of aryl methyl sites for hydroxylation is 1. The van der Waals surface area contributed by atoms with Crippen LogP contribution in [-0.2, 0) is 13.6 Å². The number of anilines is 1. The number of hydrogen-bond donors (Lipinski definition) is 1. The van der Waals surface area contributed by atoms with Crippen LogP contribution in [0.15, 0.2) is 24.4 Å². The molecule has 0 radical (unpaired) electrons. The number of imidazole rings is 1. The van der Waals surface area contributed by atoms with Crippen LogP contribution in [-0.4, -0.2) is 19.3 Å². The molecule has 5 nitrogen and oxygen atoms in total. The van der Waals surface area contributed by atoms with Gasteiger partial charge in [0.25, 0.3) is 0 Å². The zero-order chi connectivity index (χ0) is 13.6. The number of nitrogen functional groups attached to an aromatic ring is 1. The lowest BCUT2D eigenvalue weighted by Crippen LogP contribution is -2.05. The Hall–Kier alpha value is -2.37. The van der Waals surface area contributed by atoms with Gasteiger partial charge in [0, 0.05) is 18.3 Å². The van der Waals surface area contributed by atoms with E-state index in [1.165, 1.54) is 12.1 Å². The molecule has 6 heteroatoms. The summed E-state index contributed by atoms with van der Waals surface area (Å²) in [5, 5.41) is 4.19. The highest BCUT2D eigenvalue weighted by molar-refractivity contribution is 5.78. The SMILES string of the molecule is Cc1c(Cn2c(N)nc3ccc(F)cc32)cnn1C. The minimum Gasteiger partial charge on any atom is -0.369 e. The van der Waals surface area contributed by atoms with E-state index in [4.69, 9.17) is 5.73 Å². The summed E-state index contributed by atoms with van der Waals surface area (Å²) < 4.78 is 16.9. The van der Waals surface area contributed by atoms with E-state index in [0.717, 1.165) is 11.3 Å². The van der Waals surface area contributed by atoms with E-state index >= 15 is 0 Å². The van der Waals surface area contributed by atoms with Gasteiger partial charge in [-0.3, -0.25) is 4.68 Å². The molecule has 0 aliphatic carbocycles. The fourth-order valence-corrected chi connectivity index (χ4v) is 2.15. The molecule has 2 heterocycles. The second-order valence-electron chi connectivity index (χ2n) is 4.57. The van der Waals surface area contributed by atoms with Gasteiger partial charge in [-0.05, 0) is 25.1 Å². The molecule has 0 aliphatic heterocycles. The summed E-state index contributed by atoms with van der Waals surface area (Å²) in [6.07, 6.45) is 1.79. The molecule has 0 saturated carbocycles. The number of fused-ring (bicyclic) bond motifs is 1. The first-order valence-corrected chi connectivity index (χ1v) is 5.95. The van der Waals surface area contributed by atoms with Crippen molar-refractivity contribution in [3.63, 3.8) is 0 Å². The number of hydrogen-bond acceptors (Lipinski definition) is 3. The lowest BCUT2D eigenvalue weighted by molar-refractivity contribution is 0.628. The molecule has 19 heavy (non-hydrogen) atoms. The van der Waals surface area contributed by atoms with Gasteiger partial charge in [-0.1, -0.05) is 0 Å². The Balaban J connectivity index is 2.12. The van der Waals surface area contributed by atoms with E-state index in [0.29, 0.717) is 23.5 Å². The van der Waals surface area contributed by atoms with E-state index in [2.05, 4.69) is 10.1 Å². The zero-order valence-corrected chi connectivity index (χ0v) is 10.8. The van der Waals surface area contributed by atoms with Crippen LogP contribution in [0.4, 0.5) is 10.3 Å². The van der Waals surface area contributed by atoms with Gasteiger partial charge in [-0.2, -0.15) is 5.10 Å². The molecule has 3 rings (SSSR count). The van der Waals surface area contributed by atoms with E-state index in [1.54, 1.807) is 21.5 Å². The predicted molar refractivity (Wildman–Crippen MR) is 71.2 cm³/mol. The lowest BCUT2D eigenvalue weighted by Gasteiger charge is -2.06. The van der Waals surface area contributed by atoms with Gasteiger partial charge in [0.05, 0.1) is 23.8 Å². The molecule has 3 aromatic rings. The van der Waals surface area contributed by atoms with Gasteiger partial charge in [0.15, 0.2) is 0 Å². The monoisotopic (exact) mass is 259 g/mol. The molecule has 2 N–H and O–H groups in total. The Morgan fingerprint density at radius 1 is 1.37 bits per heavy atom. The van der Waals surface area contributed by atoms with Crippen molar-refractivity contribution in [2.45, 2.75) is 13.5 Å². The summed E-state index contributed by atoms with van der Waals surface area (Å²) in [5.41, 5.74) is 9.39. The molecular weight excluding hydrogens is 245 g/mol. The first-order valence-electron chi connectivity index (χ1n) is 5.95. The van der Waals surface area contributed by atoms with Crippen LogP contribution in [0.3, 0.4) is 0 Å². The standard InChI is InChI=1S/C13H14FN5/c1-8-9(6-16-18(8)2)7-19-12-5-10(14)3-4-11(12)17-13(19)15/h3-6H,7H2,1-2H3,(H2,15,17). The highest BCUT2D eigenvalue weighted by Gasteiger charge is 2.12. The molecule has 0 fully saturated rings. The average molecular weight is 259 g/mol. The molecule has 0 unspecified atom stereocenters. The molecule has 0 aliphatic rings. The summed E-state index contributed by atoms with van der Waals surface area (Å²) in [6, 6.07) is 4.46. The third-order valence-corrected chi connectivity index (χ3v) is 3.41. The zero-order valence-electron chi connectivity index (χ0n) is 10.8. The molecule has 0 spiro atoms. The van der Waals surface area contributed by atoms with Gasteiger partial charge in [0.2, 0.25) is 5.95 Å². The molecule has 0 saturated heterocycles. The number of nitrogens with zero attached hydrogens (tertiary/aromatic N) is 4. The number of halogens is 1. The summed E-state index contributed by atoms with van der Waals surface area (Å²) in [6.45, 7) is 2.52. The van der Waals surface area contributed by atoms with Crippen LogP contribution in [0.5, 0.6) is 0 Å². The van der Waals surface area contributed by atoms with Gasteiger partial charge in [-0.25, -0.2) is 9.37 Å². The fraction of sp³-hybridized carbons (Fsp3) is 0.231. The van der Waals surface area contributed by atoms with Crippen LogP contribution in [0.1, 0.15) is 11.3 Å². The largest absolute Gasteiger partial charge is 0.369 e. The number of nitrogens with two attached hydrogens (primary N) is 1. The van der Waals surface area contributed by atoms with Gasteiger partial charge >= 0.3 is 0 Å². The summed E-state index contributed by atoms with van der Waals surface area (Å²) in [5.74, 6) is 0.0837. The normalized spacial score (nSPS) is 11.3. The highest BCUT2D eigenvalue weighted by Crippen LogP contribution is 2.21. The maximum Gasteiger partial charge on any atom is 0.201 e. The Labute approximate surface area is 109 Å². The first kappa shape index (κ1) is 11.7. The average Bonchev–Trinajstić information content (AvgIpc) is 2.85. The van der Waals surface area contributed by atoms with Crippen molar-refractivity contribution in [3.8, 4) is 0 Å². The Morgan fingerprint density at radius 3 is 2.84 bits per heavy atom.